The second kappa shape index (κ2) is 6.42. The minimum Gasteiger partial charge on any atom is -0.347 e. The van der Waals surface area contributed by atoms with E-state index in [2.05, 4.69) is 10.3 Å². The number of nitrogens with one attached hydrogen (secondary N) is 1. The van der Waals surface area contributed by atoms with Gasteiger partial charge in [0.1, 0.15) is 4.88 Å². The fraction of sp³-hybridized carbons (Fsp3) is 0.286. The molecule has 0 bridgehead atoms. The number of aryl methyl sites for hydroxylation is 1. The number of hydrogen-bond donors (Lipinski definition) is 1. The average Bonchev–Trinajstić information content (AvgIpc) is 2.86. The van der Waals surface area contributed by atoms with Gasteiger partial charge in [0.2, 0.25) is 0 Å². The highest BCUT2D eigenvalue weighted by Crippen LogP contribution is 2.34. The van der Waals surface area contributed by atoms with Crippen LogP contribution in [0.15, 0.2) is 24.3 Å². The van der Waals surface area contributed by atoms with E-state index >= 15 is 0 Å². The Morgan fingerprint density at radius 2 is 1.83 bits per heavy atom. The number of rotatable bonds is 3. The number of amides is 1. The fourth-order valence-corrected chi connectivity index (χ4v) is 2.75. The molecule has 0 aliphatic carbocycles. The molecule has 0 aliphatic heterocycles. The quantitative estimate of drug-likeness (QED) is 0.815. The van der Waals surface area contributed by atoms with E-state index in [1.54, 1.807) is 0 Å². The van der Waals surface area contributed by atoms with Gasteiger partial charge in [0.15, 0.2) is 5.69 Å². The summed E-state index contributed by atoms with van der Waals surface area (Å²) in [5.41, 5.74) is -2.08. The first kappa shape index (κ1) is 18.2. The third kappa shape index (κ3) is 4.25. The van der Waals surface area contributed by atoms with Gasteiger partial charge in [0, 0.05) is 6.54 Å². The molecule has 0 atom stereocenters. The minimum absolute atomic E-state index is 0.0616. The number of carbonyl (C=O) groups excluding carboxylic acids is 1. The molecular weight excluding hydrogens is 358 g/mol. The number of carbonyl (C=O) groups is 1. The van der Waals surface area contributed by atoms with E-state index in [9.17, 15) is 31.1 Å². The number of alkyl halides is 6. The Labute approximate surface area is 136 Å². The van der Waals surface area contributed by atoms with Gasteiger partial charge in [-0.25, -0.2) is 4.98 Å². The molecule has 24 heavy (non-hydrogen) atoms. The number of hydrogen-bond acceptors (Lipinski definition) is 3. The summed E-state index contributed by atoms with van der Waals surface area (Å²) in [5.74, 6) is -1.04. The van der Waals surface area contributed by atoms with Crippen LogP contribution in [0.2, 0.25) is 0 Å². The topological polar surface area (TPSA) is 42.0 Å². The van der Waals surface area contributed by atoms with Crippen molar-refractivity contribution in [2.24, 2.45) is 0 Å². The van der Waals surface area contributed by atoms with Crippen molar-refractivity contribution < 1.29 is 31.1 Å². The molecule has 0 aliphatic rings. The number of aromatic nitrogens is 1. The SMILES string of the molecule is Cc1nc(C(F)(F)F)c(C(=O)NCc2cccc(C(F)(F)F)c2)s1. The maximum atomic E-state index is 12.8. The first-order chi connectivity index (χ1) is 11.0. The summed E-state index contributed by atoms with van der Waals surface area (Å²) < 4.78 is 76.2. The van der Waals surface area contributed by atoms with E-state index in [-0.39, 0.29) is 17.1 Å². The van der Waals surface area contributed by atoms with E-state index in [1.165, 1.54) is 13.0 Å². The predicted octanol–water partition coefficient (Wildman–Crippen LogP) is 4.42. The van der Waals surface area contributed by atoms with Crippen LogP contribution >= 0.6 is 11.3 Å². The number of nitrogens with zero attached hydrogens (tertiary/aromatic N) is 1. The molecule has 0 radical (unpaired) electrons. The molecule has 1 aromatic carbocycles. The van der Waals surface area contributed by atoms with E-state index < -0.39 is 34.4 Å². The molecule has 0 saturated heterocycles. The second-order valence-corrected chi connectivity index (χ2v) is 5.99. The molecule has 3 nitrogen and oxygen atoms in total. The first-order valence-electron chi connectivity index (χ1n) is 6.47. The Hall–Kier alpha value is -2.10. The van der Waals surface area contributed by atoms with Crippen LogP contribution in [0.3, 0.4) is 0 Å². The molecule has 10 heteroatoms. The highest BCUT2D eigenvalue weighted by molar-refractivity contribution is 7.13. The zero-order valence-electron chi connectivity index (χ0n) is 12.0. The number of halogens is 6. The Morgan fingerprint density at radius 1 is 1.17 bits per heavy atom. The van der Waals surface area contributed by atoms with Crippen molar-refractivity contribution in [1.29, 1.82) is 0 Å². The summed E-state index contributed by atoms with van der Waals surface area (Å²) in [5, 5.41) is 2.25. The molecule has 2 aromatic rings. The molecular formula is C14H10F6N2OS. The molecule has 1 N–H and O–H groups in total. The van der Waals surface area contributed by atoms with Crippen LogP contribution in [-0.2, 0) is 18.9 Å². The van der Waals surface area contributed by atoms with Crippen molar-refractivity contribution in [1.82, 2.24) is 10.3 Å². The molecule has 0 spiro atoms. The van der Waals surface area contributed by atoms with Crippen molar-refractivity contribution in [2.75, 3.05) is 0 Å². The molecule has 0 unspecified atom stereocenters. The van der Waals surface area contributed by atoms with Crippen molar-refractivity contribution in [3.63, 3.8) is 0 Å². The molecule has 1 aromatic heterocycles. The van der Waals surface area contributed by atoms with Crippen LogP contribution in [0.25, 0.3) is 0 Å². The molecule has 0 saturated carbocycles. The fourth-order valence-electron chi connectivity index (χ4n) is 1.89. The van der Waals surface area contributed by atoms with Crippen LogP contribution in [0.4, 0.5) is 26.3 Å². The van der Waals surface area contributed by atoms with Gasteiger partial charge in [-0.15, -0.1) is 11.3 Å². The largest absolute Gasteiger partial charge is 0.435 e. The second-order valence-electron chi connectivity index (χ2n) is 4.79. The van der Waals surface area contributed by atoms with Crippen LogP contribution in [-0.4, -0.2) is 10.9 Å². The molecule has 130 valence electrons. The molecule has 0 fully saturated rings. The van der Waals surface area contributed by atoms with Crippen LogP contribution in [0, 0.1) is 6.92 Å². The minimum atomic E-state index is -4.78. The predicted molar refractivity (Wildman–Crippen MR) is 74.5 cm³/mol. The van der Waals surface area contributed by atoms with Gasteiger partial charge in [-0.05, 0) is 24.6 Å². The Kier molecular flexibility index (Phi) is 4.88. The molecule has 1 heterocycles. The first-order valence-corrected chi connectivity index (χ1v) is 7.29. The molecule has 2 rings (SSSR count). The summed E-state index contributed by atoms with van der Waals surface area (Å²) in [7, 11) is 0. The van der Waals surface area contributed by atoms with Crippen LogP contribution in [0.1, 0.15) is 31.5 Å². The lowest BCUT2D eigenvalue weighted by molar-refractivity contribution is -0.141. The summed E-state index contributed by atoms with van der Waals surface area (Å²) >= 11 is 0.569. The van der Waals surface area contributed by atoms with E-state index in [0.717, 1.165) is 18.2 Å². The Balaban J connectivity index is 2.15. The summed E-state index contributed by atoms with van der Waals surface area (Å²) in [4.78, 5) is 14.6. The lowest BCUT2D eigenvalue weighted by Crippen LogP contribution is -2.25. The Bertz CT molecular complexity index is 750. The van der Waals surface area contributed by atoms with E-state index in [4.69, 9.17) is 0 Å². The maximum absolute atomic E-state index is 12.8. The van der Waals surface area contributed by atoms with Crippen molar-refractivity contribution in [3.05, 3.63) is 51.0 Å². The zero-order valence-corrected chi connectivity index (χ0v) is 12.9. The normalized spacial score (nSPS) is 12.3. The van der Waals surface area contributed by atoms with Crippen molar-refractivity contribution >= 4 is 17.2 Å². The monoisotopic (exact) mass is 368 g/mol. The lowest BCUT2D eigenvalue weighted by atomic mass is 10.1. The summed E-state index contributed by atoms with van der Waals surface area (Å²) in [6, 6.07) is 4.17. The summed E-state index contributed by atoms with van der Waals surface area (Å²) in [6.45, 7) is 0.987. The summed E-state index contributed by atoms with van der Waals surface area (Å²) in [6.07, 6.45) is -9.33. The highest BCUT2D eigenvalue weighted by atomic mass is 32.1. The van der Waals surface area contributed by atoms with E-state index in [1.807, 2.05) is 0 Å². The van der Waals surface area contributed by atoms with Gasteiger partial charge in [-0.1, -0.05) is 12.1 Å². The lowest BCUT2D eigenvalue weighted by Gasteiger charge is -2.10. The van der Waals surface area contributed by atoms with Gasteiger partial charge < -0.3 is 5.32 Å². The maximum Gasteiger partial charge on any atom is 0.435 e. The van der Waals surface area contributed by atoms with Gasteiger partial charge in [0.05, 0.1) is 10.6 Å². The number of benzene rings is 1. The van der Waals surface area contributed by atoms with Gasteiger partial charge in [0.25, 0.3) is 5.91 Å². The third-order valence-electron chi connectivity index (χ3n) is 2.92. The van der Waals surface area contributed by atoms with E-state index in [0.29, 0.717) is 11.3 Å². The Morgan fingerprint density at radius 3 is 2.42 bits per heavy atom. The highest BCUT2D eigenvalue weighted by Gasteiger charge is 2.39. The van der Waals surface area contributed by atoms with Gasteiger partial charge >= 0.3 is 12.4 Å². The van der Waals surface area contributed by atoms with Crippen LogP contribution < -0.4 is 5.32 Å². The van der Waals surface area contributed by atoms with Crippen molar-refractivity contribution in [3.8, 4) is 0 Å². The zero-order chi connectivity index (χ0) is 18.1. The average molecular weight is 368 g/mol. The van der Waals surface area contributed by atoms with Gasteiger partial charge in [-0.3, -0.25) is 4.79 Å². The van der Waals surface area contributed by atoms with Crippen molar-refractivity contribution in [2.45, 2.75) is 25.8 Å². The van der Waals surface area contributed by atoms with Crippen LogP contribution in [0.5, 0.6) is 0 Å². The molecule has 1 amide bonds. The number of thiazole rings is 1. The smallest absolute Gasteiger partial charge is 0.347 e. The van der Waals surface area contributed by atoms with Gasteiger partial charge in [-0.2, -0.15) is 26.3 Å². The standard InChI is InChI=1S/C14H10F6N2OS/c1-7-22-11(14(18,19)20)10(24-7)12(23)21-6-8-3-2-4-9(5-8)13(15,16)17/h2-5H,6H2,1H3,(H,21,23). The third-order valence-corrected chi connectivity index (χ3v) is 3.89.